The van der Waals surface area contributed by atoms with E-state index >= 15 is 0 Å². The van der Waals surface area contributed by atoms with Crippen LogP contribution in [-0.4, -0.2) is 31.1 Å². The molecule has 0 aromatic carbocycles. The molecule has 2 nitrogen and oxygen atoms in total. The van der Waals surface area contributed by atoms with Crippen molar-refractivity contribution in [1.82, 2.24) is 4.90 Å². The summed E-state index contributed by atoms with van der Waals surface area (Å²) in [6.07, 6.45) is 22.9. The summed E-state index contributed by atoms with van der Waals surface area (Å²) in [6, 6.07) is 0. The SMILES string of the molecule is CCCCCCCCCCCCCCCCCCN.CCN(CC)CC. The lowest BCUT2D eigenvalue weighted by molar-refractivity contribution is 0.321. The van der Waals surface area contributed by atoms with E-state index in [0.29, 0.717) is 0 Å². The molecule has 0 aliphatic rings. The second-order valence-corrected chi connectivity index (χ2v) is 7.71. The van der Waals surface area contributed by atoms with Gasteiger partial charge in [0.25, 0.3) is 0 Å². The van der Waals surface area contributed by atoms with Crippen molar-refractivity contribution >= 4 is 0 Å². The van der Waals surface area contributed by atoms with Gasteiger partial charge in [0, 0.05) is 0 Å². The van der Waals surface area contributed by atoms with Crippen molar-refractivity contribution in [2.75, 3.05) is 26.2 Å². The lowest BCUT2D eigenvalue weighted by atomic mass is 10.0. The number of nitrogens with two attached hydrogens (primary N) is 1. The van der Waals surface area contributed by atoms with Gasteiger partial charge in [0.15, 0.2) is 0 Å². The van der Waals surface area contributed by atoms with E-state index < -0.39 is 0 Å². The Balaban J connectivity index is 0. The number of hydrogen-bond donors (Lipinski definition) is 1. The number of nitrogens with zero attached hydrogens (tertiary/aromatic N) is 1. The van der Waals surface area contributed by atoms with Gasteiger partial charge >= 0.3 is 0 Å². The van der Waals surface area contributed by atoms with Crippen LogP contribution in [0.25, 0.3) is 0 Å². The van der Waals surface area contributed by atoms with Crippen LogP contribution < -0.4 is 5.73 Å². The predicted octanol–water partition coefficient (Wildman–Crippen LogP) is 7.55. The summed E-state index contributed by atoms with van der Waals surface area (Å²) in [5, 5.41) is 0. The van der Waals surface area contributed by atoms with E-state index in [-0.39, 0.29) is 0 Å². The van der Waals surface area contributed by atoms with Crippen LogP contribution in [0.5, 0.6) is 0 Å². The average Bonchev–Trinajstić information content (AvgIpc) is 2.67. The number of rotatable bonds is 19. The molecule has 0 saturated carbocycles. The molecular weight excluding hydrogens is 316 g/mol. The molecule has 0 rings (SSSR count). The standard InChI is InChI=1S/C18H39N.C6H15N/c1-2-3-4-5-6-7-8-9-10-11-12-13-14-15-16-17-18-19;1-4-7(5-2)6-3/h2-19H2,1H3;4-6H2,1-3H3. The van der Waals surface area contributed by atoms with Crippen LogP contribution in [0, 0.1) is 0 Å². The summed E-state index contributed by atoms with van der Waals surface area (Å²) in [7, 11) is 0. The van der Waals surface area contributed by atoms with Crippen LogP contribution in [0.15, 0.2) is 0 Å². The average molecular weight is 371 g/mol. The summed E-state index contributed by atoms with van der Waals surface area (Å²) < 4.78 is 0. The molecule has 0 atom stereocenters. The molecule has 0 radical (unpaired) electrons. The molecular formula is C24H54N2. The van der Waals surface area contributed by atoms with E-state index in [1.165, 1.54) is 122 Å². The van der Waals surface area contributed by atoms with Crippen LogP contribution in [0.1, 0.15) is 130 Å². The molecule has 0 aromatic heterocycles. The molecule has 26 heavy (non-hydrogen) atoms. The minimum Gasteiger partial charge on any atom is -0.330 e. The third kappa shape index (κ3) is 26.2. The highest BCUT2D eigenvalue weighted by molar-refractivity contribution is 4.50. The summed E-state index contributed by atoms with van der Waals surface area (Å²) in [4.78, 5) is 2.38. The Bertz CT molecular complexity index is 193. The second kappa shape index (κ2) is 27.1. The fraction of sp³-hybridized carbons (Fsp3) is 1.00. The first-order chi connectivity index (χ1) is 12.8. The zero-order valence-electron chi connectivity index (χ0n) is 19.2. The first-order valence-electron chi connectivity index (χ1n) is 12.2. The number of hydrogen-bond acceptors (Lipinski definition) is 2. The van der Waals surface area contributed by atoms with Gasteiger partial charge in [-0.15, -0.1) is 0 Å². The molecule has 2 heteroatoms. The quantitative estimate of drug-likeness (QED) is 0.238. The maximum absolute atomic E-state index is 5.48. The van der Waals surface area contributed by atoms with Crippen molar-refractivity contribution in [2.45, 2.75) is 130 Å². The van der Waals surface area contributed by atoms with E-state index in [1.807, 2.05) is 0 Å². The lowest BCUT2D eigenvalue weighted by Gasteiger charge is -2.13. The first kappa shape index (κ1) is 28.1. The smallest absolute Gasteiger partial charge is 0.00474 e. The van der Waals surface area contributed by atoms with Gasteiger partial charge in [0.2, 0.25) is 0 Å². The van der Waals surface area contributed by atoms with Crippen LogP contribution in [0.2, 0.25) is 0 Å². The minimum atomic E-state index is 0.873. The van der Waals surface area contributed by atoms with E-state index in [1.54, 1.807) is 0 Å². The van der Waals surface area contributed by atoms with Crippen molar-refractivity contribution in [3.63, 3.8) is 0 Å². The Hall–Kier alpha value is -0.0800. The molecule has 0 unspecified atom stereocenters. The normalized spacial score (nSPS) is 10.8. The molecule has 0 amide bonds. The summed E-state index contributed by atoms with van der Waals surface area (Å²) >= 11 is 0. The maximum atomic E-state index is 5.48. The molecule has 0 aliphatic carbocycles. The van der Waals surface area contributed by atoms with Crippen LogP contribution in [0.4, 0.5) is 0 Å². The second-order valence-electron chi connectivity index (χ2n) is 7.71. The summed E-state index contributed by atoms with van der Waals surface area (Å²) in [5.74, 6) is 0. The Labute approximate surface area is 167 Å². The van der Waals surface area contributed by atoms with Gasteiger partial charge in [-0.2, -0.15) is 0 Å². The van der Waals surface area contributed by atoms with Gasteiger partial charge in [-0.25, -0.2) is 0 Å². The Morgan fingerprint density at radius 2 is 0.692 bits per heavy atom. The third-order valence-electron chi connectivity index (χ3n) is 5.40. The van der Waals surface area contributed by atoms with Gasteiger partial charge in [-0.3, -0.25) is 0 Å². The van der Waals surface area contributed by atoms with Crippen molar-refractivity contribution in [3.05, 3.63) is 0 Å². The fourth-order valence-electron chi connectivity index (χ4n) is 3.36. The number of unbranched alkanes of at least 4 members (excludes halogenated alkanes) is 15. The molecule has 0 aliphatic heterocycles. The fourth-order valence-corrected chi connectivity index (χ4v) is 3.36. The van der Waals surface area contributed by atoms with Crippen LogP contribution in [-0.2, 0) is 0 Å². The van der Waals surface area contributed by atoms with Crippen LogP contribution >= 0.6 is 0 Å². The molecule has 0 fully saturated rings. The highest BCUT2D eigenvalue weighted by atomic mass is 15.1. The van der Waals surface area contributed by atoms with Crippen LogP contribution in [0.3, 0.4) is 0 Å². The van der Waals surface area contributed by atoms with Gasteiger partial charge < -0.3 is 10.6 Å². The Morgan fingerprint density at radius 3 is 0.885 bits per heavy atom. The van der Waals surface area contributed by atoms with Crippen molar-refractivity contribution in [3.8, 4) is 0 Å². The zero-order chi connectivity index (χ0) is 19.7. The molecule has 160 valence electrons. The van der Waals surface area contributed by atoms with Gasteiger partial charge in [0.1, 0.15) is 0 Å². The zero-order valence-corrected chi connectivity index (χ0v) is 19.2. The van der Waals surface area contributed by atoms with E-state index in [9.17, 15) is 0 Å². The van der Waals surface area contributed by atoms with Gasteiger partial charge in [0.05, 0.1) is 0 Å². The molecule has 0 aromatic rings. The minimum absolute atomic E-state index is 0.873. The summed E-state index contributed by atoms with van der Waals surface area (Å²) in [5.41, 5.74) is 5.48. The molecule has 2 N–H and O–H groups in total. The van der Waals surface area contributed by atoms with E-state index in [2.05, 4.69) is 32.6 Å². The molecule has 0 spiro atoms. The van der Waals surface area contributed by atoms with Crippen molar-refractivity contribution in [2.24, 2.45) is 5.73 Å². The third-order valence-corrected chi connectivity index (χ3v) is 5.40. The van der Waals surface area contributed by atoms with Gasteiger partial charge in [-0.1, -0.05) is 124 Å². The predicted molar refractivity (Wildman–Crippen MR) is 122 cm³/mol. The van der Waals surface area contributed by atoms with Gasteiger partial charge in [-0.05, 0) is 32.6 Å². The molecule has 0 heterocycles. The molecule has 0 bridgehead atoms. The monoisotopic (exact) mass is 370 g/mol. The van der Waals surface area contributed by atoms with E-state index in [0.717, 1.165) is 6.54 Å². The Kier molecular flexibility index (Phi) is 29.4. The van der Waals surface area contributed by atoms with E-state index in [4.69, 9.17) is 5.73 Å². The highest BCUT2D eigenvalue weighted by Crippen LogP contribution is 2.13. The highest BCUT2D eigenvalue weighted by Gasteiger charge is 1.94. The first-order valence-corrected chi connectivity index (χ1v) is 12.2. The maximum Gasteiger partial charge on any atom is -0.00474 e. The molecule has 0 saturated heterocycles. The topological polar surface area (TPSA) is 29.3 Å². The largest absolute Gasteiger partial charge is 0.330 e. The van der Waals surface area contributed by atoms with Crippen molar-refractivity contribution in [1.29, 1.82) is 0 Å². The Morgan fingerprint density at radius 1 is 0.423 bits per heavy atom. The lowest BCUT2D eigenvalue weighted by Crippen LogP contribution is -2.21. The van der Waals surface area contributed by atoms with Crippen molar-refractivity contribution < 1.29 is 0 Å². The summed E-state index contributed by atoms with van der Waals surface area (Å²) in [6.45, 7) is 13.3.